The van der Waals surface area contributed by atoms with Gasteiger partial charge in [0.05, 0.1) is 16.8 Å². The predicted molar refractivity (Wildman–Crippen MR) is 127 cm³/mol. The van der Waals surface area contributed by atoms with Crippen LogP contribution in [-0.4, -0.2) is 52.8 Å². The molecule has 0 radical (unpaired) electrons. The molecule has 1 saturated heterocycles. The number of hydrogen-bond acceptors (Lipinski definition) is 3. The molecule has 1 aromatic heterocycles. The van der Waals surface area contributed by atoms with Gasteiger partial charge in [-0.1, -0.05) is 30.3 Å². The molecular weight excluding hydrogens is 417 g/mol. The molecule has 2 aromatic carbocycles. The first kappa shape index (κ1) is 21.3. The summed E-state index contributed by atoms with van der Waals surface area (Å²) < 4.78 is 13.4. The lowest BCUT2D eigenvalue weighted by atomic mass is 9.85. The van der Waals surface area contributed by atoms with Crippen LogP contribution in [0, 0.1) is 5.82 Å². The van der Waals surface area contributed by atoms with E-state index in [1.54, 1.807) is 24.0 Å². The number of aromatic nitrogens is 1. The Balaban J connectivity index is 1.59. The monoisotopic (exact) mass is 443 g/mol. The van der Waals surface area contributed by atoms with Gasteiger partial charge in [0.15, 0.2) is 0 Å². The lowest BCUT2D eigenvalue weighted by Gasteiger charge is -2.35. The number of carbonyl (C=O) groups is 2. The van der Waals surface area contributed by atoms with E-state index >= 15 is 0 Å². The van der Waals surface area contributed by atoms with E-state index in [4.69, 9.17) is 4.98 Å². The molecule has 0 bridgehead atoms. The summed E-state index contributed by atoms with van der Waals surface area (Å²) in [4.78, 5) is 34.1. The third-order valence-electron chi connectivity index (χ3n) is 6.61. The third-order valence-corrected chi connectivity index (χ3v) is 6.61. The first-order chi connectivity index (χ1) is 16.0. The van der Waals surface area contributed by atoms with Crippen LogP contribution in [0.15, 0.2) is 48.5 Å². The van der Waals surface area contributed by atoms with E-state index in [2.05, 4.69) is 6.08 Å². The number of para-hydroxylation sites is 1. The SMILES string of the molecule is CC(=O)N1CCN(C(=O)c2c3c(nc4ccccc24)C(=Cc2ccc(F)cc2)CCC3)CC1. The van der Waals surface area contributed by atoms with Crippen LogP contribution in [0.4, 0.5) is 4.39 Å². The minimum Gasteiger partial charge on any atom is -0.339 e. The van der Waals surface area contributed by atoms with E-state index in [1.165, 1.54) is 12.1 Å². The molecule has 0 spiro atoms. The molecule has 5 rings (SSSR count). The molecule has 0 saturated carbocycles. The van der Waals surface area contributed by atoms with Crippen molar-refractivity contribution in [2.45, 2.75) is 26.2 Å². The number of piperazine rings is 1. The Kier molecular flexibility index (Phi) is 5.67. The van der Waals surface area contributed by atoms with Crippen LogP contribution in [0.3, 0.4) is 0 Å². The fourth-order valence-electron chi connectivity index (χ4n) is 4.86. The first-order valence-electron chi connectivity index (χ1n) is 11.4. The highest BCUT2D eigenvalue weighted by Gasteiger charge is 2.29. The number of nitrogens with zero attached hydrogens (tertiary/aromatic N) is 3. The smallest absolute Gasteiger partial charge is 0.255 e. The largest absolute Gasteiger partial charge is 0.339 e. The number of pyridine rings is 1. The first-order valence-corrected chi connectivity index (χ1v) is 11.4. The number of rotatable bonds is 2. The minimum absolute atomic E-state index is 0.0103. The molecule has 6 heteroatoms. The standard InChI is InChI=1S/C27H26FN3O2/c1-18(32)30-13-15-31(16-14-30)27(33)25-22-6-2-3-8-24(22)29-26-20(5-4-7-23(25)26)17-19-9-11-21(28)12-10-19/h2-3,6,8-12,17H,4-5,7,13-16H2,1H3. The Bertz CT molecular complexity index is 1260. The van der Waals surface area contributed by atoms with Gasteiger partial charge in [0, 0.05) is 38.5 Å². The second kappa shape index (κ2) is 8.77. The Hall–Kier alpha value is -3.54. The molecule has 2 aliphatic rings. The van der Waals surface area contributed by atoms with Gasteiger partial charge in [0.2, 0.25) is 5.91 Å². The van der Waals surface area contributed by atoms with Gasteiger partial charge in [-0.3, -0.25) is 9.59 Å². The summed E-state index contributed by atoms with van der Waals surface area (Å²) in [5.41, 5.74) is 5.39. The van der Waals surface area contributed by atoms with E-state index < -0.39 is 0 Å². The Labute approximate surface area is 192 Å². The van der Waals surface area contributed by atoms with Crippen molar-refractivity contribution in [2.75, 3.05) is 26.2 Å². The average Bonchev–Trinajstić information content (AvgIpc) is 2.84. The fourth-order valence-corrected chi connectivity index (χ4v) is 4.86. The fraction of sp³-hybridized carbons (Fsp3) is 0.296. The van der Waals surface area contributed by atoms with Crippen LogP contribution in [0.1, 0.15) is 46.9 Å². The molecular formula is C27H26FN3O2. The van der Waals surface area contributed by atoms with Gasteiger partial charge in [-0.25, -0.2) is 9.37 Å². The summed E-state index contributed by atoms with van der Waals surface area (Å²) in [5, 5.41) is 0.873. The molecule has 3 aromatic rings. The maximum atomic E-state index is 13.8. The van der Waals surface area contributed by atoms with E-state index in [1.807, 2.05) is 29.2 Å². The zero-order chi connectivity index (χ0) is 22.9. The average molecular weight is 444 g/mol. The van der Waals surface area contributed by atoms with E-state index in [0.717, 1.165) is 58.1 Å². The van der Waals surface area contributed by atoms with Gasteiger partial charge in [-0.15, -0.1) is 0 Å². The number of amides is 2. The predicted octanol–water partition coefficient (Wildman–Crippen LogP) is 4.56. The normalized spacial score (nSPS) is 17.3. The highest BCUT2D eigenvalue weighted by molar-refractivity contribution is 6.09. The highest BCUT2D eigenvalue weighted by atomic mass is 19.1. The molecule has 2 amide bonds. The molecule has 2 heterocycles. The lowest BCUT2D eigenvalue weighted by Crippen LogP contribution is -2.50. The number of benzene rings is 2. The molecule has 1 aliphatic heterocycles. The van der Waals surface area contributed by atoms with Crippen LogP contribution in [0.2, 0.25) is 0 Å². The molecule has 0 unspecified atom stereocenters. The van der Waals surface area contributed by atoms with E-state index in [-0.39, 0.29) is 17.6 Å². The van der Waals surface area contributed by atoms with Gasteiger partial charge in [-0.2, -0.15) is 0 Å². The van der Waals surface area contributed by atoms with Crippen LogP contribution in [0.25, 0.3) is 22.6 Å². The zero-order valence-corrected chi connectivity index (χ0v) is 18.7. The van der Waals surface area contributed by atoms with Gasteiger partial charge in [-0.05, 0) is 60.2 Å². The number of allylic oxidation sites excluding steroid dienone is 1. The number of halogens is 1. The Morgan fingerprint density at radius 3 is 2.36 bits per heavy atom. The summed E-state index contributed by atoms with van der Waals surface area (Å²) in [6, 6.07) is 14.2. The quantitative estimate of drug-likeness (QED) is 0.584. The second-order valence-corrected chi connectivity index (χ2v) is 8.70. The van der Waals surface area contributed by atoms with Crippen LogP contribution < -0.4 is 0 Å². The summed E-state index contributed by atoms with van der Waals surface area (Å²) in [7, 11) is 0. The van der Waals surface area contributed by atoms with Crippen LogP contribution >= 0.6 is 0 Å². The maximum Gasteiger partial charge on any atom is 0.255 e. The molecule has 168 valence electrons. The van der Waals surface area contributed by atoms with Crippen molar-refractivity contribution in [1.29, 1.82) is 0 Å². The number of carbonyl (C=O) groups excluding carboxylic acids is 2. The zero-order valence-electron chi connectivity index (χ0n) is 18.7. The van der Waals surface area contributed by atoms with E-state index in [9.17, 15) is 14.0 Å². The van der Waals surface area contributed by atoms with Crippen molar-refractivity contribution in [1.82, 2.24) is 14.8 Å². The minimum atomic E-state index is -0.261. The topological polar surface area (TPSA) is 53.5 Å². The Morgan fingerprint density at radius 1 is 0.939 bits per heavy atom. The maximum absolute atomic E-state index is 13.8. The van der Waals surface area contributed by atoms with Crippen molar-refractivity contribution < 1.29 is 14.0 Å². The second-order valence-electron chi connectivity index (χ2n) is 8.70. The summed E-state index contributed by atoms with van der Waals surface area (Å²) in [6.45, 7) is 3.74. The molecule has 5 nitrogen and oxygen atoms in total. The van der Waals surface area contributed by atoms with Crippen molar-refractivity contribution >= 4 is 34.4 Å². The molecule has 1 aliphatic carbocycles. The number of fused-ring (bicyclic) bond motifs is 2. The molecule has 1 fully saturated rings. The molecule has 33 heavy (non-hydrogen) atoms. The van der Waals surface area contributed by atoms with Crippen LogP contribution in [0.5, 0.6) is 0 Å². The summed E-state index contributed by atoms with van der Waals surface area (Å²) in [5.74, 6) is -0.205. The van der Waals surface area contributed by atoms with Gasteiger partial charge >= 0.3 is 0 Å². The third kappa shape index (κ3) is 4.13. The van der Waals surface area contributed by atoms with Crippen molar-refractivity contribution in [3.63, 3.8) is 0 Å². The molecule has 0 N–H and O–H groups in total. The van der Waals surface area contributed by atoms with Gasteiger partial charge < -0.3 is 9.80 Å². The van der Waals surface area contributed by atoms with Crippen molar-refractivity contribution in [3.8, 4) is 0 Å². The van der Waals surface area contributed by atoms with Crippen molar-refractivity contribution in [2.24, 2.45) is 0 Å². The lowest BCUT2D eigenvalue weighted by molar-refractivity contribution is -0.130. The van der Waals surface area contributed by atoms with Crippen molar-refractivity contribution in [3.05, 3.63) is 76.7 Å². The van der Waals surface area contributed by atoms with Gasteiger partial charge in [0.25, 0.3) is 5.91 Å². The Morgan fingerprint density at radius 2 is 1.64 bits per heavy atom. The van der Waals surface area contributed by atoms with Crippen LogP contribution in [-0.2, 0) is 11.2 Å². The van der Waals surface area contributed by atoms with Gasteiger partial charge in [0.1, 0.15) is 5.82 Å². The summed E-state index contributed by atoms with van der Waals surface area (Å²) in [6.07, 6.45) is 4.64. The highest BCUT2D eigenvalue weighted by Crippen LogP contribution is 2.36. The summed E-state index contributed by atoms with van der Waals surface area (Å²) >= 11 is 0. The number of hydrogen-bond donors (Lipinski definition) is 0. The van der Waals surface area contributed by atoms with E-state index in [0.29, 0.717) is 26.2 Å². The molecule has 0 atom stereocenters.